The van der Waals surface area contributed by atoms with Crippen LogP contribution in [0.25, 0.3) is 23.3 Å². The number of hydrogen-bond donors (Lipinski definition) is 2. The van der Waals surface area contributed by atoms with E-state index in [1.165, 1.54) is 0 Å². The molecule has 38 heavy (non-hydrogen) atoms. The van der Waals surface area contributed by atoms with E-state index in [9.17, 15) is 10.2 Å². The van der Waals surface area contributed by atoms with E-state index < -0.39 is 0 Å². The molecule has 0 atom stereocenters. The molecule has 0 amide bonds. The first-order valence-electron chi connectivity index (χ1n) is 13.0. The minimum absolute atomic E-state index is 0.325. The highest BCUT2D eigenvalue weighted by molar-refractivity contribution is 5.83. The van der Waals surface area contributed by atoms with Crippen LogP contribution in [-0.2, 0) is 13.1 Å². The fraction of sp³-hybridized carbons (Fsp3) is 0.200. The average Bonchev–Trinajstić information content (AvgIpc) is 2.90. The standard InChI is InChI=1S/C35H37NO2/c1-24(30-12-8-6-9-13-30)18-32-20-28(16-26(3)34(32)37)22-36(5)23-29-17-27(4)35(38)33(21-29)19-25(2)31-14-10-7-11-15-31/h6-21,37-38H,22-23H2,1-5H3. The fourth-order valence-corrected chi connectivity index (χ4v) is 4.88. The van der Waals surface area contributed by atoms with Gasteiger partial charge in [-0.05, 0) is 104 Å². The molecule has 0 saturated carbocycles. The Morgan fingerprint density at radius 3 is 1.37 bits per heavy atom. The summed E-state index contributed by atoms with van der Waals surface area (Å²) in [7, 11) is 2.10. The van der Waals surface area contributed by atoms with E-state index in [2.05, 4.69) is 86.5 Å². The summed E-state index contributed by atoms with van der Waals surface area (Å²) in [6.07, 6.45) is 4.11. The number of hydrogen-bond acceptors (Lipinski definition) is 3. The van der Waals surface area contributed by atoms with Crippen molar-refractivity contribution >= 4 is 23.3 Å². The number of phenolic OH excluding ortho intramolecular Hbond substituents is 2. The molecule has 0 fully saturated rings. The van der Waals surface area contributed by atoms with E-state index in [1.54, 1.807) is 0 Å². The Labute approximate surface area is 227 Å². The third kappa shape index (κ3) is 6.62. The lowest BCUT2D eigenvalue weighted by Crippen LogP contribution is -2.17. The van der Waals surface area contributed by atoms with Crippen LogP contribution in [0.15, 0.2) is 84.9 Å². The highest BCUT2D eigenvalue weighted by Gasteiger charge is 2.11. The molecule has 0 aromatic heterocycles. The van der Waals surface area contributed by atoms with E-state index in [0.717, 1.165) is 68.7 Å². The molecule has 0 heterocycles. The first-order valence-corrected chi connectivity index (χ1v) is 13.0. The summed E-state index contributed by atoms with van der Waals surface area (Å²) in [6.45, 7) is 9.51. The molecule has 0 aliphatic heterocycles. The highest BCUT2D eigenvalue weighted by Crippen LogP contribution is 2.31. The average molecular weight is 504 g/mol. The van der Waals surface area contributed by atoms with Crippen LogP contribution >= 0.6 is 0 Å². The molecule has 0 aliphatic carbocycles. The molecule has 3 nitrogen and oxygen atoms in total. The molecule has 4 rings (SSSR count). The van der Waals surface area contributed by atoms with Gasteiger partial charge in [-0.3, -0.25) is 4.90 Å². The van der Waals surface area contributed by atoms with Crippen LogP contribution in [0.4, 0.5) is 0 Å². The van der Waals surface area contributed by atoms with Crippen LogP contribution in [0, 0.1) is 13.8 Å². The van der Waals surface area contributed by atoms with E-state index in [1.807, 2.05) is 50.2 Å². The maximum atomic E-state index is 10.7. The van der Waals surface area contributed by atoms with Gasteiger partial charge in [-0.1, -0.05) is 72.8 Å². The summed E-state index contributed by atoms with van der Waals surface area (Å²) in [5.41, 5.74) is 10.2. The zero-order valence-electron chi connectivity index (χ0n) is 23.0. The van der Waals surface area contributed by atoms with Gasteiger partial charge in [0.15, 0.2) is 0 Å². The summed E-state index contributed by atoms with van der Waals surface area (Å²) in [4.78, 5) is 2.26. The minimum Gasteiger partial charge on any atom is -0.507 e. The van der Waals surface area contributed by atoms with Crippen LogP contribution in [0.1, 0.15) is 58.4 Å². The van der Waals surface area contributed by atoms with E-state index in [-0.39, 0.29) is 0 Å². The van der Waals surface area contributed by atoms with E-state index >= 15 is 0 Å². The third-order valence-corrected chi connectivity index (χ3v) is 6.89. The molecular weight excluding hydrogens is 466 g/mol. The second kappa shape index (κ2) is 12.0. The Kier molecular flexibility index (Phi) is 8.50. The molecule has 0 spiro atoms. The molecular formula is C35H37NO2. The van der Waals surface area contributed by atoms with Crippen molar-refractivity contribution in [3.63, 3.8) is 0 Å². The molecule has 0 unspecified atom stereocenters. The number of phenols is 2. The van der Waals surface area contributed by atoms with Crippen LogP contribution in [0.2, 0.25) is 0 Å². The zero-order valence-corrected chi connectivity index (χ0v) is 23.0. The van der Waals surface area contributed by atoms with Crippen molar-refractivity contribution in [2.24, 2.45) is 0 Å². The predicted octanol–water partition coefficient (Wildman–Crippen LogP) is 8.47. The van der Waals surface area contributed by atoms with Gasteiger partial charge in [-0.2, -0.15) is 0 Å². The van der Waals surface area contributed by atoms with Crippen molar-refractivity contribution in [1.82, 2.24) is 4.90 Å². The van der Waals surface area contributed by atoms with Crippen LogP contribution < -0.4 is 0 Å². The molecule has 0 bridgehead atoms. The lowest BCUT2D eigenvalue weighted by atomic mass is 9.99. The SMILES string of the molecule is CC(=Cc1cc(CN(C)Cc2cc(C)c(O)c(C=C(C)c3ccccc3)c2)cc(C)c1O)c1ccccc1. The number of aryl methyl sites for hydroxylation is 2. The summed E-state index contributed by atoms with van der Waals surface area (Å²) in [5, 5.41) is 21.5. The van der Waals surface area contributed by atoms with Crippen LogP contribution in [-0.4, -0.2) is 22.2 Å². The molecule has 2 N–H and O–H groups in total. The molecule has 0 aliphatic rings. The summed E-state index contributed by atoms with van der Waals surface area (Å²) in [6, 6.07) is 28.7. The molecule has 4 aromatic rings. The minimum atomic E-state index is 0.325. The van der Waals surface area contributed by atoms with Gasteiger partial charge in [0.05, 0.1) is 0 Å². The first-order chi connectivity index (χ1) is 18.2. The van der Waals surface area contributed by atoms with Crippen molar-refractivity contribution in [1.29, 1.82) is 0 Å². The van der Waals surface area contributed by atoms with Crippen molar-refractivity contribution in [2.45, 2.75) is 40.8 Å². The number of allylic oxidation sites excluding steroid dienone is 2. The largest absolute Gasteiger partial charge is 0.507 e. The summed E-state index contributed by atoms with van der Waals surface area (Å²) >= 11 is 0. The second-order valence-electron chi connectivity index (χ2n) is 10.3. The van der Waals surface area contributed by atoms with Gasteiger partial charge in [0.2, 0.25) is 0 Å². The molecule has 4 aromatic carbocycles. The number of nitrogens with zero attached hydrogens (tertiary/aromatic N) is 1. The smallest absolute Gasteiger partial charge is 0.125 e. The maximum Gasteiger partial charge on any atom is 0.125 e. The molecule has 0 radical (unpaired) electrons. The van der Waals surface area contributed by atoms with Gasteiger partial charge in [0.1, 0.15) is 11.5 Å². The third-order valence-electron chi connectivity index (χ3n) is 6.89. The Hall–Kier alpha value is -4.08. The Balaban J connectivity index is 1.55. The molecule has 194 valence electrons. The fourth-order valence-electron chi connectivity index (χ4n) is 4.88. The van der Waals surface area contributed by atoms with Crippen LogP contribution in [0.5, 0.6) is 11.5 Å². The lowest BCUT2D eigenvalue weighted by Gasteiger charge is -2.19. The highest BCUT2D eigenvalue weighted by atomic mass is 16.3. The van der Waals surface area contributed by atoms with Gasteiger partial charge in [-0.15, -0.1) is 0 Å². The lowest BCUT2D eigenvalue weighted by molar-refractivity contribution is 0.318. The number of benzene rings is 4. The van der Waals surface area contributed by atoms with E-state index in [0.29, 0.717) is 11.5 Å². The van der Waals surface area contributed by atoms with Gasteiger partial charge >= 0.3 is 0 Å². The van der Waals surface area contributed by atoms with Gasteiger partial charge in [-0.25, -0.2) is 0 Å². The van der Waals surface area contributed by atoms with Crippen molar-refractivity contribution in [3.8, 4) is 11.5 Å². The summed E-state index contributed by atoms with van der Waals surface area (Å²) < 4.78 is 0. The van der Waals surface area contributed by atoms with Crippen molar-refractivity contribution in [2.75, 3.05) is 7.05 Å². The Morgan fingerprint density at radius 2 is 1.00 bits per heavy atom. The summed E-state index contributed by atoms with van der Waals surface area (Å²) in [5.74, 6) is 0.650. The van der Waals surface area contributed by atoms with Crippen molar-refractivity contribution < 1.29 is 10.2 Å². The molecule has 0 saturated heterocycles. The number of rotatable bonds is 8. The van der Waals surface area contributed by atoms with E-state index in [4.69, 9.17) is 0 Å². The van der Waals surface area contributed by atoms with Gasteiger partial charge in [0, 0.05) is 24.2 Å². The van der Waals surface area contributed by atoms with Gasteiger partial charge in [0.25, 0.3) is 0 Å². The van der Waals surface area contributed by atoms with Crippen molar-refractivity contribution in [3.05, 3.63) is 129 Å². The zero-order chi connectivity index (χ0) is 27.2. The first kappa shape index (κ1) is 27.0. The van der Waals surface area contributed by atoms with Gasteiger partial charge < -0.3 is 10.2 Å². The normalized spacial score (nSPS) is 12.3. The number of aromatic hydroxyl groups is 2. The second-order valence-corrected chi connectivity index (χ2v) is 10.3. The Morgan fingerprint density at radius 1 is 0.632 bits per heavy atom. The quantitative estimate of drug-likeness (QED) is 0.237. The Bertz CT molecular complexity index is 1350. The van der Waals surface area contributed by atoms with Crippen LogP contribution in [0.3, 0.4) is 0 Å². The topological polar surface area (TPSA) is 43.7 Å². The maximum absolute atomic E-state index is 10.7. The molecule has 3 heteroatoms. The predicted molar refractivity (Wildman–Crippen MR) is 161 cm³/mol. The monoisotopic (exact) mass is 503 g/mol.